The van der Waals surface area contributed by atoms with E-state index in [4.69, 9.17) is 9.47 Å². The molecule has 2 atom stereocenters. The molecule has 0 spiro atoms. The normalized spacial score (nSPS) is 24.2. The average molecular weight is 281 g/mol. The summed E-state index contributed by atoms with van der Waals surface area (Å²) in [6, 6.07) is 6.44. The van der Waals surface area contributed by atoms with Crippen LogP contribution in [0.2, 0.25) is 0 Å². The first-order chi connectivity index (χ1) is 9.12. The highest BCUT2D eigenvalue weighted by atomic mass is 32.2. The molecule has 1 N–H and O–H groups in total. The standard InChI is InChI=1S/C15H23NO2S/c1-15(6-5-7-19-15)14(16-2)11-8-12(17-3)10-13(9-11)18-4/h8-10,14,16H,5-7H2,1-4H3. The van der Waals surface area contributed by atoms with Crippen molar-refractivity contribution in [2.24, 2.45) is 0 Å². The van der Waals surface area contributed by atoms with Crippen LogP contribution in [0.1, 0.15) is 31.4 Å². The van der Waals surface area contributed by atoms with Crippen molar-refractivity contribution >= 4 is 11.8 Å². The predicted octanol–water partition coefficient (Wildman–Crippen LogP) is 3.25. The largest absolute Gasteiger partial charge is 0.497 e. The van der Waals surface area contributed by atoms with Gasteiger partial charge in [0.1, 0.15) is 11.5 Å². The molecule has 1 saturated heterocycles. The molecule has 0 saturated carbocycles. The second-order valence-electron chi connectivity index (χ2n) is 5.13. The Morgan fingerprint density at radius 2 is 1.84 bits per heavy atom. The molecule has 2 unspecified atom stereocenters. The van der Waals surface area contributed by atoms with E-state index in [2.05, 4.69) is 36.1 Å². The van der Waals surface area contributed by atoms with Crippen LogP contribution in [-0.2, 0) is 0 Å². The van der Waals surface area contributed by atoms with E-state index in [1.54, 1.807) is 14.2 Å². The fraction of sp³-hybridized carbons (Fsp3) is 0.600. The molecular formula is C15H23NO2S. The first-order valence-corrected chi connectivity index (χ1v) is 7.65. The van der Waals surface area contributed by atoms with E-state index in [9.17, 15) is 0 Å². The lowest BCUT2D eigenvalue weighted by Crippen LogP contribution is -2.35. The maximum Gasteiger partial charge on any atom is 0.122 e. The number of nitrogens with one attached hydrogen (secondary N) is 1. The minimum atomic E-state index is 0.242. The summed E-state index contributed by atoms with van der Waals surface area (Å²) in [4.78, 5) is 0. The average Bonchev–Trinajstić information content (AvgIpc) is 2.86. The molecule has 2 rings (SSSR count). The highest BCUT2D eigenvalue weighted by Crippen LogP contribution is 2.47. The van der Waals surface area contributed by atoms with E-state index in [1.807, 2.05) is 13.1 Å². The van der Waals surface area contributed by atoms with Gasteiger partial charge in [0.05, 0.1) is 14.2 Å². The van der Waals surface area contributed by atoms with Crippen LogP contribution in [0.3, 0.4) is 0 Å². The second-order valence-corrected chi connectivity index (χ2v) is 6.76. The van der Waals surface area contributed by atoms with E-state index < -0.39 is 0 Å². The summed E-state index contributed by atoms with van der Waals surface area (Å²) >= 11 is 2.05. The number of hydrogen-bond acceptors (Lipinski definition) is 4. The predicted molar refractivity (Wildman–Crippen MR) is 81.4 cm³/mol. The van der Waals surface area contributed by atoms with Gasteiger partial charge in [-0.05, 0) is 50.3 Å². The zero-order valence-corrected chi connectivity index (χ0v) is 13.0. The number of hydrogen-bond donors (Lipinski definition) is 1. The van der Waals surface area contributed by atoms with Gasteiger partial charge >= 0.3 is 0 Å². The molecule has 0 aliphatic carbocycles. The van der Waals surface area contributed by atoms with Crippen molar-refractivity contribution in [3.63, 3.8) is 0 Å². The minimum Gasteiger partial charge on any atom is -0.497 e. The van der Waals surface area contributed by atoms with Gasteiger partial charge in [-0.1, -0.05) is 0 Å². The Morgan fingerprint density at radius 1 is 1.21 bits per heavy atom. The number of rotatable bonds is 5. The molecule has 1 aromatic carbocycles. The van der Waals surface area contributed by atoms with Crippen molar-refractivity contribution in [1.82, 2.24) is 5.32 Å². The molecule has 106 valence electrons. The molecule has 0 radical (unpaired) electrons. The molecular weight excluding hydrogens is 258 g/mol. The van der Waals surface area contributed by atoms with Gasteiger partial charge in [-0.25, -0.2) is 0 Å². The van der Waals surface area contributed by atoms with Crippen molar-refractivity contribution in [3.8, 4) is 11.5 Å². The number of ether oxygens (including phenoxy) is 2. The third-order valence-corrected chi connectivity index (χ3v) is 5.45. The van der Waals surface area contributed by atoms with Crippen molar-refractivity contribution in [2.75, 3.05) is 27.0 Å². The maximum absolute atomic E-state index is 5.37. The molecule has 1 aliphatic rings. The Labute approximate surface area is 120 Å². The van der Waals surface area contributed by atoms with Gasteiger partial charge in [0.25, 0.3) is 0 Å². The fourth-order valence-electron chi connectivity index (χ4n) is 2.85. The zero-order valence-electron chi connectivity index (χ0n) is 12.2. The third kappa shape index (κ3) is 3.00. The quantitative estimate of drug-likeness (QED) is 0.897. The van der Waals surface area contributed by atoms with Crippen LogP contribution < -0.4 is 14.8 Å². The summed E-state index contributed by atoms with van der Waals surface area (Å²) in [5.41, 5.74) is 1.23. The first-order valence-electron chi connectivity index (χ1n) is 6.67. The monoisotopic (exact) mass is 281 g/mol. The lowest BCUT2D eigenvalue weighted by atomic mass is 9.90. The van der Waals surface area contributed by atoms with Gasteiger partial charge in [0.2, 0.25) is 0 Å². The molecule has 0 aromatic heterocycles. The van der Waals surface area contributed by atoms with Gasteiger partial charge in [0.15, 0.2) is 0 Å². The highest BCUT2D eigenvalue weighted by molar-refractivity contribution is 8.00. The van der Waals surface area contributed by atoms with Gasteiger partial charge in [-0.3, -0.25) is 0 Å². The summed E-state index contributed by atoms with van der Waals surface area (Å²) in [7, 11) is 5.42. The summed E-state index contributed by atoms with van der Waals surface area (Å²) < 4.78 is 11.0. The van der Waals surface area contributed by atoms with Crippen LogP contribution in [0.25, 0.3) is 0 Å². The Bertz CT molecular complexity index is 408. The Balaban J connectivity index is 2.36. The fourth-order valence-corrected chi connectivity index (χ4v) is 4.31. The van der Waals surface area contributed by atoms with Gasteiger partial charge in [-0.2, -0.15) is 11.8 Å². The summed E-state index contributed by atoms with van der Waals surface area (Å²) in [5.74, 6) is 2.94. The smallest absolute Gasteiger partial charge is 0.122 e. The van der Waals surface area contributed by atoms with Gasteiger partial charge in [0, 0.05) is 16.9 Å². The number of benzene rings is 1. The maximum atomic E-state index is 5.37. The summed E-state index contributed by atoms with van der Waals surface area (Å²) in [5, 5.41) is 3.47. The van der Waals surface area contributed by atoms with E-state index in [0.29, 0.717) is 6.04 Å². The number of thioether (sulfide) groups is 1. The van der Waals surface area contributed by atoms with Gasteiger partial charge < -0.3 is 14.8 Å². The summed E-state index contributed by atoms with van der Waals surface area (Å²) in [6.07, 6.45) is 2.53. The van der Waals surface area contributed by atoms with Crippen LogP contribution in [0.15, 0.2) is 18.2 Å². The minimum absolute atomic E-state index is 0.242. The SMILES string of the molecule is CNC(c1cc(OC)cc(OC)c1)C1(C)CCCS1. The highest BCUT2D eigenvalue weighted by Gasteiger charge is 2.38. The third-order valence-electron chi connectivity index (χ3n) is 3.86. The molecule has 1 heterocycles. The molecule has 19 heavy (non-hydrogen) atoms. The second kappa shape index (κ2) is 6.06. The molecule has 1 aliphatic heterocycles. The van der Waals surface area contributed by atoms with Crippen molar-refractivity contribution in [3.05, 3.63) is 23.8 Å². The molecule has 1 fully saturated rings. The van der Waals surface area contributed by atoms with Crippen molar-refractivity contribution in [2.45, 2.75) is 30.6 Å². The van der Waals surface area contributed by atoms with Crippen LogP contribution in [0.4, 0.5) is 0 Å². The van der Waals surface area contributed by atoms with Crippen LogP contribution in [-0.4, -0.2) is 31.8 Å². The molecule has 1 aromatic rings. The van der Waals surface area contributed by atoms with E-state index >= 15 is 0 Å². The van der Waals surface area contributed by atoms with Crippen LogP contribution in [0, 0.1) is 0 Å². The van der Waals surface area contributed by atoms with Crippen molar-refractivity contribution in [1.29, 1.82) is 0 Å². The molecule has 0 amide bonds. The Kier molecular flexibility index (Phi) is 4.63. The number of methoxy groups -OCH3 is 2. The Hall–Kier alpha value is -0.870. The van der Waals surface area contributed by atoms with Crippen LogP contribution >= 0.6 is 11.8 Å². The van der Waals surface area contributed by atoms with Gasteiger partial charge in [-0.15, -0.1) is 0 Å². The lowest BCUT2D eigenvalue weighted by molar-refractivity contribution is 0.387. The van der Waals surface area contributed by atoms with E-state index in [-0.39, 0.29) is 4.75 Å². The van der Waals surface area contributed by atoms with Crippen molar-refractivity contribution < 1.29 is 9.47 Å². The molecule has 3 nitrogen and oxygen atoms in total. The zero-order chi connectivity index (χ0) is 13.9. The van der Waals surface area contributed by atoms with E-state index in [0.717, 1.165) is 11.5 Å². The summed E-state index contributed by atoms with van der Waals surface area (Å²) in [6.45, 7) is 2.35. The topological polar surface area (TPSA) is 30.5 Å². The molecule has 4 heteroatoms. The molecule has 0 bridgehead atoms. The van der Waals surface area contributed by atoms with Crippen LogP contribution in [0.5, 0.6) is 11.5 Å². The first kappa shape index (κ1) is 14.5. The van der Waals surface area contributed by atoms with E-state index in [1.165, 1.54) is 24.2 Å². The Morgan fingerprint density at radius 3 is 2.26 bits per heavy atom. The lowest BCUT2D eigenvalue weighted by Gasteiger charge is -2.33.